The molecule has 1 amide bonds. The zero-order valence-electron chi connectivity index (χ0n) is 17.8. The third-order valence-corrected chi connectivity index (χ3v) is 7.29. The third kappa shape index (κ3) is 5.83. The average molecular weight is 494 g/mol. The Bertz CT molecular complexity index is 1210. The monoisotopic (exact) mass is 493 g/mol. The Balaban J connectivity index is 1.85. The maximum Gasteiger partial charge on any atom is 0.261 e. The fourth-order valence-corrected chi connectivity index (χ4v) is 5.21. The van der Waals surface area contributed by atoms with E-state index in [0.717, 1.165) is 4.88 Å². The van der Waals surface area contributed by atoms with E-state index in [1.807, 2.05) is 13.8 Å². The minimum Gasteiger partial charge on any atom is -0.320 e. The van der Waals surface area contributed by atoms with Crippen LogP contribution in [-0.4, -0.2) is 30.3 Å². The second-order valence-electron chi connectivity index (χ2n) is 7.64. The molecule has 0 radical (unpaired) electrons. The fourth-order valence-electron chi connectivity index (χ4n) is 2.98. The number of nitrogens with zero attached hydrogens (tertiary/aromatic N) is 2. The topological polar surface area (TPSA) is 127 Å². The van der Waals surface area contributed by atoms with Crippen molar-refractivity contribution >= 4 is 49.7 Å². The van der Waals surface area contributed by atoms with Crippen LogP contribution in [0.5, 0.6) is 0 Å². The summed E-state index contributed by atoms with van der Waals surface area (Å²) >= 11 is 7.39. The molecule has 0 saturated carbocycles. The van der Waals surface area contributed by atoms with Gasteiger partial charge in [0.25, 0.3) is 10.0 Å². The zero-order chi connectivity index (χ0) is 23.5. The number of sulfonamides is 1. The molecule has 1 atom stereocenters. The number of carbonyl (C=O) groups is 1. The summed E-state index contributed by atoms with van der Waals surface area (Å²) in [5.41, 5.74) is 7.35. The normalized spacial score (nSPS) is 12.6. The van der Waals surface area contributed by atoms with Crippen molar-refractivity contribution in [1.29, 1.82) is 0 Å². The first-order chi connectivity index (χ1) is 15.1. The van der Waals surface area contributed by atoms with E-state index >= 15 is 0 Å². The van der Waals surface area contributed by atoms with Crippen molar-refractivity contribution in [3.63, 3.8) is 0 Å². The Morgan fingerprint density at radius 3 is 2.59 bits per heavy atom. The van der Waals surface area contributed by atoms with Crippen LogP contribution in [0.1, 0.15) is 26.0 Å². The van der Waals surface area contributed by atoms with Crippen LogP contribution in [0.25, 0.3) is 10.4 Å². The standard InChI is InChI=1S/C21H24ClN5O3S2/c1-12(2)9-16(23)20(28)26-21-25-13(3)18(31-21)14-10-17(19(22)24-11-14)27-32(29,30)15-7-5-4-6-8-15/h4-8,10-12,16,27H,9,23H2,1-3H3,(H,25,26,28)/t16-/m0/s1. The van der Waals surface area contributed by atoms with Crippen LogP contribution >= 0.6 is 22.9 Å². The van der Waals surface area contributed by atoms with Crippen LogP contribution in [-0.2, 0) is 14.8 Å². The minimum atomic E-state index is -3.83. The molecule has 8 nitrogen and oxygen atoms in total. The van der Waals surface area contributed by atoms with Crippen molar-refractivity contribution in [3.05, 3.63) is 53.4 Å². The Hall–Kier alpha value is -2.53. The molecule has 0 spiro atoms. The SMILES string of the molecule is Cc1nc(NC(=O)[C@@H](N)CC(C)C)sc1-c1cnc(Cl)c(NS(=O)(=O)c2ccccc2)c1. The highest BCUT2D eigenvalue weighted by Crippen LogP contribution is 2.35. The summed E-state index contributed by atoms with van der Waals surface area (Å²) in [6.07, 6.45) is 2.09. The Labute approximate surface area is 196 Å². The summed E-state index contributed by atoms with van der Waals surface area (Å²) in [4.78, 5) is 21.7. The summed E-state index contributed by atoms with van der Waals surface area (Å²) in [6.45, 7) is 5.78. The Morgan fingerprint density at radius 2 is 1.94 bits per heavy atom. The molecule has 11 heteroatoms. The van der Waals surface area contributed by atoms with Crippen LogP contribution in [0.2, 0.25) is 5.15 Å². The molecule has 3 aromatic rings. The molecule has 0 bridgehead atoms. The molecular formula is C21H24ClN5O3S2. The van der Waals surface area contributed by atoms with Gasteiger partial charge in [0.1, 0.15) is 0 Å². The number of halogens is 1. The number of anilines is 2. The molecule has 0 aliphatic carbocycles. The number of benzene rings is 1. The number of hydrogen-bond acceptors (Lipinski definition) is 7. The summed E-state index contributed by atoms with van der Waals surface area (Å²) in [6, 6.07) is 8.93. The molecule has 2 aromatic heterocycles. The molecule has 0 aliphatic rings. The van der Waals surface area contributed by atoms with Crippen LogP contribution in [0.4, 0.5) is 10.8 Å². The van der Waals surface area contributed by atoms with Crippen molar-refractivity contribution in [3.8, 4) is 10.4 Å². The van der Waals surface area contributed by atoms with Gasteiger partial charge in [0.2, 0.25) is 5.91 Å². The van der Waals surface area contributed by atoms with E-state index in [9.17, 15) is 13.2 Å². The van der Waals surface area contributed by atoms with Crippen LogP contribution in [0.3, 0.4) is 0 Å². The van der Waals surface area contributed by atoms with E-state index in [0.29, 0.717) is 28.7 Å². The van der Waals surface area contributed by atoms with Crippen molar-refractivity contribution < 1.29 is 13.2 Å². The molecule has 3 rings (SSSR count). The first kappa shape index (κ1) is 24.1. The number of pyridine rings is 1. The molecule has 2 heterocycles. The Kier molecular flexibility index (Phi) is 7.50. The smallest absolute Gasteiger partial charge is 0.261 e. The largest absolute Gasteiger partial charge is 0.320 e. The van der Waals surface area contributed by atoms with Crippen LogP contribution < -0.4 is 15.8 Å². The van der Waals surface area contributed by atoms with E-state index in [-0.39, 0.29) is 21.6 Å². The van der Waals surface area contributed by atoms with Crippen LogP contribution in [0, 0.1) is 12.8 Å². The predicted octanol–water partition coefficient (Wildman–Crippen LogP) is 4.28. The first-order valence-electron chi connectivity index (χ1n) is 9.84. The van der Waals surface area contributed by atoms with Gasteiger partial charge < -0.3 is 11.1 Å². The highest BCUT2D eigenvalue weighted by Gasteiger charge is 2.20. The highest BCUT2D eigenvalue weighted by molar-refractivity contribution is 7.92. The van der Waals surface area contributed by atoms with Gasteiger partial charge >= 0.3 is 0 Å². The number of nitrogens with one attached hydrogen (secondary N) is 2. The van der Waals surface area contributed by atoms with Crippen molar-refractivity contribution in [2.75, 3.05) is 10.0 Å². The summed E-state index contributed by atoms with van der Waals surface area (Å²) < 4.78 is 27.8. The lowest BCUT2D eigenvalue weighted by atomic mass is 10.0. The molecule has 32 heavy (non-hydrogen) atoms. The van der Waals surface area contributed by atoms with Gasteiger partial charge in [-0.25, -0.2) is 18.4 Å². The quantitative estimate of drug-likeness (QED) is 0.402. The van der Waals surface area contributed by atoms with Gasteiger partial charge in [0.15, 0.2) is 10.3 Å². The van der Waals surface area contributed by atoms with Gasteiger partial charge in [-0.3, -0.25) is 9.52 Å². The molecule has 4 N–H and O–H groups in total. The second kappa shape index (κ2) is 9.95. The summed E-state index contributed by atoms with van der Waals surface area (Å²) in [5.74, 6) is -0.00730. The molecule has 1 aromatic carbocycles. The number of aryl methyl sites for hydroxylation is 1. The van der Waals surface area contributed by atoms with E-state index in [2.05, 4.69) is 20.0 Å². The van der Waals surface area contributed by atoms with Gasteiger partial charge in [0.05, 0.1) is 27.2 Å². The predicted molar refractivity (Wildman–Crippen MR) is 128 cm³/mol. The number of aromatic nitrogens is 2. The first-order valence-corrected chi connectivity index (χ1v) is 12.5. The number of amides is 1. The second-order valence-corrected chi connectivity index (χ2v) is 10.7. The third-order valence-electron chi connectivity index (χ3n) is 4.49. The maximum atomic E-state index is 12.7. The lowest BCUT2D eigenvalue weighted by Gasteiger charge is -2.12. The van der Waals surface area contributed by atoms with E-state index in [1.54, 1.807) is 31.2 Å². The molecule has 0 fully saturated rings. The molecule has 170 valence electrons. The maximum absolute atomic E-state index is 12.7. The molecule has 0 aliphatic heterocycles. The van der Waals surface area contributed by atoms with Crippen molar-refractivity contribution in [2.24, 2.45) is 11.7 Å². The number of hydrogen-bond donors (Lipinski definition) is 3. The average Bonchev–Trinajstić information content (AvgIpc) is 3.09. The molecule has 0 saturated heterocycles. The zero-order valence-corrected chi connectivity index (χ0v) is 20.2. The summed E-state index contributed by atoms with van der Waals surface area (Å²) in [7, 11) is -3.83. The van der Waals surface area contributed by atoms with Crippen molar-refractivity contribution in [1.82, 2.24) is 9.97 Å². The number of thiazole rings is 1. The van der Waals surface area contributed by atoms with Gasteiger partial charge in [-0.1, -0.05) is 55.0 Å². The van der Waals surface area contributed by atoms with E-state index in [1.165, 1.54) is 29.7 Å². The van der Waals surface area contributed by atoms with Crippen LogP contribution in [0.15, 0.2) is 47.5 Å². The minimum absolute atomic E-state index is 0.0172. The molecular weight excluding hydrogens is 470 g/mol. The lowest BCUT2D eigenvalue weighted by Crippen LogP contribution is -2.36. The van der Waals surface area contributed by atoms with Gasteiger partial charge in [0, 0.05) is 11.8 Å². The fraction of sp³-hybridized carbons (Fsp3) is 0.286. The van der Waals surface area contributed by atoms with Gasteiger partial charge in [-0.05, 0) is 37.5 Å². The molecule has 0 unspecified atom stereocenters. The number of rotatable bonds is 8. The van der Waals surface area contributed by atoms with E-state index < -0.39 is 16.1 Å². The summed E-state index contributed by atoms with van der Waals surface area (Å²) in [5, 5.41) is 3.17. The van der Waals surface area contributed by atoms with Crippen molar-refractivity contribution in [2.45, 2.75) is 38.1 Å². The highest BCUT2D eigenvalue weighted by atomic mass is 35.5. The van der Waals surface area contributed by atoms with E-state index in [4.69, 9.17) is 17.3 Å². The van der Waals surface area contributed by atoms with Gasteiger partial charge in [-0.2, -0.15) is 0 Å². The lowest BCUT2D eigenvalue weighted by molar-refractivity contribution is -0.117. The number of carbonyl (C=O) groups excluding carboxylic acids is 1. The van der Waals surface area contributed by atoms with Gasteiger partial charge in [-0.15, -0.1) is 0 Å². The number of nitrogens with two attached hydrogens (primary N) is 1. The Morgan fingerprint density at radius 1 is 1.25 bits per heavy atom.